The van der Waals surface area contributed by atoms with Crippen LogP contribution in [0.25, 0.3) is 0 Å². The van der Waals surface area contributed by atoms with E-state index < -0.39 is 35.6 Å². The molecule has 0 aromatic heterocycles. The Bertz CT molecular complexity index is 935. The number of anilines is 1. The number of ether oxygens (including phenoxy) is 3. The van der Waals surface area contributed by atoms with E-state index >= 15 is 0 Å². The third-order valence-electron chi connectivity index (χ3n) is 4.76. The summed E-state index contributed by atoms with van der Waals surface area (Å²) >= 11 is 0. The van der Waals surface area contributed by atoms with Crippen molar-refractivity contribution in [3.8, 4) is 11.8 Å². The minimum atomic E-state index is -1.48. The van der Waals surface area contributed by atoms with Gasteiger partial charge in [-0.15, -0.1) is 0 Å². The van der Waals surface area contributed by atoms with E-state index in [-0.39, 0.29) is 13.2 Å². The van der Waals surface area contributed by atoms with Crippen molar-refractivity contribution in [2.24, 2.45) is 11.8 Å². The normalized spacial score (nSPS) is 12.2. The molecule has 0 bridgehead atoms. The number of esters is 2. The lowest BCUT2D eigenvalue weighted by atomic mass is 9.76. The van der Waals surface area contributed by atoms with E-state index in [9.17, 15) is 19.6 Å². The summed E-state index contributed by atoms with van der Waals surface area (Å²) in [6.07, 6.45) is 0. The largest absolute Gasteiger partial charge is 0.497 e. The Morgan fingerprint density at radius 3 is 1.97 bits per heavy atom. The maximum absolute atomic E-state index is 13.1. The zero-order valence-corrected chi connectivity index (χ0v) is 18.2. The van der Waals surface area contributed by atoms with E-state index in [1.807, 2.05) is 6.07 Å². The Kier molecular flexibility index (Phi) is 9.23. The van der Waals surface area contributed by atoms with Crippen LogP contribution in [0.5, 0.6) is 5.75 Å². The van der Waals surface area contributed by atoms with Gasteiger partial charge in [0.1, 0.15) is 11.7 Å². The topological polar surface area (TPSA) is 115 Å². The molecule has 2 aromatic rings. The first-order valence-electron chi connectivity index (χ1n) is 10.2. The van der Waals surface area contributed by atoms with E-state index in [0.717, 1.165) is 0 Å². The second-order valence-corrected chi connectivity index (χ2v) is 6.74. The Morgan fingerprint density at radius 1 is 0.938 bits per heavy atom. The molecule has 2 atom stereocenters. The van der Waals surface area contributed by atoms with Gasteiger partial charge in [-0.1, -0.05) is 30.3 Å². The van der Waals surface area contributed by atoms with Crippen molar-refractivity contribution >= 4 is 23.5 Å². The van der Waals surface area contributed by atoms with E-state index in [2.05, 4.69) is 5.32 Å². The molecule has 0 saturated heterocycles. The second-order valence-electron chi connectivity index (χ2n) is 6.74. The molecular weight excluding hydrogens is 412 g/mol. The molecule has 32 heavy (non-hydrogen) atoms. The van der Waals surface area contributed by atoms with Crippen LogP contribution >= 0.6 is 0 Å². The third kappa shape index (κ3) is 6.08. The van der Waals surface area contributed by atoms with Crippen LogP contribution < -0.4 is 10.1 Å². The number of amides is 1. The molecule has 0 heterocycles. The number of hydrogen-bond acceptors (Lipinski definition) is 7. The molecule has 2 aromatic carbocycles. The minimum absolute atomic E-state index is 0.0332. The highest BCUT2D eigenvalue weighted by molar-refractivity contribution is 6.00. The quantitative estimate of drug-likeness (QED) is 0.447. The average Bonchev–Trinajstić information content (AvgIpc) is 2.80. The lowest BCUT2D eigenvalue weighted by molar-refractivity contribution is -0.163. The molecule has 8 heteroatoms. The molecule has 0 aliphatic carbocycles. The summed E-state index contributed by atoms with van der Waals surface area (Å²) in [5.74, 6) is -5.73. The van der Waals surface area contributed by atoms with Crippen LogP contribution in [-0.4, -0.2) is 38.2 Å². The van der Waals surface area contributed by atoms with E-state index in [1.54, 1.807) is 68.4 Å². The van der Waals surface area contributed by atoms with Crippen molar-refractivity contribution in [3.05, 3.63) is 60.2 Å². The van der Waals surface area contributed by atoms with Crippen molar-refractivity contribution in [1.82, 2.24) is 0 Å². The first-order valence-corrected chi connectivity index (χ1v) is 10.2. The van der Waals surface area contributed by atoms with Crippen LogP contribution in [0.15, 0.2) is 54.6 Å². The summed E-state index contributed by atoms with van der Waals surface area (Å²) in [5, 5.41) is 12.6. The zero-order chi connectivity index (χ0) is 23.5. The van der Waals surface area contributed by atoms with Gasteiger partial charge < -0.3 is 19.5 Å². The molecule has 0 radical (unpaired) electrons. The maximum Gasteiger partial charge on any atom is 0.321 e. The predicted octanol–water partition coefficient (Wildman–Crippen LogP) is 3.30. The molecule has 0 fully saturated rings. The summed E-state index contributed by atoms with van der Waals surface area (Å²) in [5.41, 5.74) is 0.904. The van der Waals surface area contributed by atoms with Crippen molar-refractivity contribution in [3.63, 3.8) is 0 Å². The fourth-order valence-electron chi connectivity index (χ4n) is 3.30. The molecule has 1 N–H and O–H groups in total. The summed E-state index contributed by atoms with van der Waals surface area (Å²) < 4.78 is 15.3. The number of methoxy groups -OCH3 is 1. The van der Waals surface area contributed by atoms with Crippen LogP contribution in [0, 0.1) is 23.2 Å². The third-order valence-corrected chi connectivity index (χ3v) is 4.76. The van der Waals surface area contributed by atoms with E-state index in [1.165, 1.54) is 7.11 Å². The van der Waals surface area contributed by atoms with Crippen molar-refractivity contribution in [1.29, 1.82) is 5.26 Å². The zero-order valence-electron chi connectivity index (χ0n) is 18.2. The van der Waals surface area contributed by atoms with E-state index in [0.29, 0.717) is 17.0 Å². The Morgan fingerprint density at radius 2 is 1.50 bits per heavy atom. The van der Waals surface area contributed by atoms with Gasteiger partial charge in [-0.2, -0.15) is 5.26 Å². The fraction of sp³-hybridized carbons (Fsp3) is 0.333. The van der Waals surface area contributed by atoms with Crippen LogP contribution in [-0.2, 0) is 23.9 Å². The predicted molar refractivity (Wildman–Crippen MR) is 117 cm³/mol. The minimum Gasteiger partial charge on any atom is -0.497 e. The lowest BCUT2D eigenvalue weighted by Crippen LogP contribution is -2.40. The van der Waals surface area contributed by atoms with Crippen LogP contribution in [0.1, 0.15) is 25.3 Å². The monoisotopic (exact) mass is 438 g/mol. The number of hydrogen-bond donors (Lipinski definition) is 1. The number of benzene rings is 2. The van der Waals surface area contributed by atoms with Crippen LogP contribution in [0.3, 0.4) is 0 Å². The Hall–Kier alpha value is -3.86. The highest BCUT2D eigenvalue weighted by atomic mass is 16.6. The lowest BCUT2D eigenvalue weighted by Gasteiger charge is -2.27. The smallest absolute Gasteiger partial charge is 0.321 e. The molecule has 1 amide bonds. The molecule has 0 spiro atoms. The first-order chi connectivity index (χ1) is 15.5. The number of carbonyl (C=O) groups is 3. The standard InChI is InChI=1S/C24H26N2O6/c1-4-31-23(28)21(24(29)32-5-2)20(16-9-7-6-8-10-16)19(15-25)22(27)26-17-11-13-18(30-3)14-12-17/h6-14,19-21H,4-5H2,1-3H3,(H,26,27). The molecule has 2 unspecified atom stereocenters. The molecule has 0 aliphatic rings. The summed E-state index contributed by atoms with van der Waals surface area (Å²) in [7, 11) is 1.52. The highest BCUT2D eigenvalue weighted by Crippen LogP contribution is 2.35. The van der Waals surface area contributed by atoms with Gasteiger partial charge in [0.15, 0.2) is 5.92 Å². The summed E-state index contributed by atoms with van der Waals surface area (Å²) in [4.78, 5) is 38.6. The molecule has 0 aliphatic heterocycles. The number of carbonyl (C=O) groups excluding carboxylic acids is 3. The summed E-state index contributed by atoms with van der Waals surface area (Å²) in [6, 6.07) is 17.0. The maximum atomic E-state index is 13.1. The van der Waals surface area contributed by atoms with Gasteiger partial charge in [-0.05, 0) is 43.7 Å². The second kappa shape index (κ2) is 12.1. The number of nitrogens with one attached hydrogen (secondary N) is 1. The Labute approximate surface area is 187 Å². The van der Waals surface area contributed by atoms with E-state index in [4.69, 9.17) is 14.2 Å². The van der Waals surface area contributed by atoms with Gasteiger partial charge in [-0.25, -0.2) is 0 Å². The fourth-order valence-corrected chi connectivity index (χ4v) is 3.30. The summed E-state index contributed by atoms with van der Waals surface area (Å²) in [6.45, 7) is 3.28. The van der Waals surface area contributed by atoms with Crippen molar-refractivity contribution < 1.29 is 28.6 Å². The van der Waals surface area contributed by atoms with Gasteiger partial charge in [0.2, 0.25) is 5.91 Å². The SMILES string of the molecule is CCOC(=O)C(C(=O)OCC)C(c1ccccc1)C(C#N)C(=O)Nc1ccc(OC)cc1. The van der Waals surface area contributed by atoms with Crippen LogP contribution in [0.4, 0.5) is 5.69 Å². The van der Waals surface area contributed by atoms with Gasteiger partial charge in [-0.3, -0.25) is 14.4 Å². The van der Waals surface area contributed by atoms with Crippen LogP contribution in [0.2, 0.25) is 0 Å². The molecule has 168 valence electrons. The Balaban J connectivity index is 2.47. The van der Waals surface area contributed by atoms with Gasteiger partial charge in [0.05, 0.1) is 26.4 Å². The first kappa shape index (κ1) is 24.4. The highest BCUT2D eigenvalue weighted by Gasteiger charge is 2.45. The molecular formula is C24H26N2O6. The van der Waals surface area contributed by atoms with Gasteiger partial charge >= 0.3 is 11.9 Å². The van der Waals surface area contributed by atoms with Gasteiger partial charge in [0, 0.05) is 11.6 Å². The van der Waals surface area contributed by atoms with Crippen molar-refractivity contribution in [2.75, 3.05) is 25.6 Å². The van der Waals surface area contributed by atoms with Crippen molar-refractivity contribution in [2.45, 2.75) is 19.8 Å². The van der Waals surface area contributed by atoms with Gasteiger partial charge in [0.25, 0.3) is 0 Å². The molecule has 0 saturated carbocycles. The molecule has 8 nitrogen and oxygen atoms in total. The number of nitriles is 1. The average molecular weight is 438 g/mol. The molecule has 2 rings (SSSR count). The number of rotatable bonds is 10. The number of nitrogens with zero attached hydrogens (tertiary/aromatic N) is 1.